The normalized spacial score (nSPS) is 11.8. The molecule has 0 atom stereocenters. The van der Waals surface area contributed by atoms with Crippen molar-refractivity contribution >= 4 is 32.9 Å². The predicted molar refractivity (Wildman–Crippen MR) is 107 cm³/mol. The van der Waals surface area contributed by atoms with Gasteiger partial charge < -0.3 is 35.4 Å². The highest BCUT2D eigenvalue weighted by Crippen LogP contribution is 2.08. The van der Waals surface area contributed by atoms with Crippen LogP contribution in [0.25, 0.3) is 0 Å². The third-order valence-corrected chi connectivity index (χ3v) is 11.5. The molecule has 0 aliphatic heterocycles. The van der Waals surface area contributed by atoms with E-state index < -0.39 is 26.0 Å². The first-order valence-corrected chi connectivity index (χ1v) is 14.4. The monoisotopic (exact) mass is 417 g/mol. The first-order chi connectivity index (χ1) is 11.6. The fraction of sp³-hybridized carbons (Fsp3) is 1.00. The van der Waals surface area contributed by atoms with Crippen LogP contribution in [-0.2, 0) is 35.4 Å². The molecule has 0 N–H and O–H groups in total. The fourth-order valence-electron chi connectivity index (χ4n) is 1.19. The Morgan fingerprint density at radius 1 is 0.600 bits per heavy atom. The summed E-state index contributed by atoms with van der Waals surface area (Å²) >= 11 is 0. The van der Waals surface area contributed by atoms with Crippen LogP contribution in [0.2, 0.25) is 26.0 Å². The Morgan fingerprint density at radius 2 is 0.920 bits per heavy atom. The topological polar surface area (TPSA) is 73.8 Å². The van der Waals surface area contributed by atoms with Gasteiger partial charge in [0.05, 0.1) is 0 Å². The average molecular weight is 418 g/mol. The van der Waals surface area contributed by atoms with Crippen LogP contribution in [0.1, 0.15) is 6.92 Å². The average Bonchev–Trinajstić information content (AvgIpc) is 2.70. The minimum atomic E-state index is -2.69. The zero-order chi connectivity index (χ0) is 20.6. The minimum absolute atomic E-state index is 1.01. The molecule has 0 aliphatic carbocycles. The smallest absolute Gasteiger partial charge is 0.403 e. The Labute approximate surface area is 158 Å². The lowest BCUT2D eigenvalue weighted by Crippen LogP contribution is -2.45. The van der Waals surface area contributed by atoms with Crippen LogP contribution in [-0.4, -0.2) is 89.8 Å². The van der Waals surface area contributed by atoms with Crippen LogP contribution in [0, 0.1) is 0 Å². The Bertz CT molecular complexity index is 238. The molecule has 0 rings (SSSR count). The van der Waals surface area contributed by atoms with Gasteiger partial charge in [-0.15, -0.1) is 0 Å². The van der Waals surface area contributed by atoms with Gasteiger partial charge in [-0.05, 0) is 19.1 Å². The quantitative estimate of drug-likeness (QED) is 0.500. The van der Waals surface area contributed by atoms with Crippen molar-refractivity contribution in [2.75, 3.05) is 56.9 Å². The van der Waals surface area contributed by atoms with Crippen LogP contribution in [0.5, 0.6) is 0 Å². The molecule has 0 saturated heterocycles. The van der Waals surface area contributed by atoms with Gasteiger partial charge in [0, 0.05) is 56.9 Å². The van der Waals surface area contributed by atoms with Crippen molar-refractivity contribution in [2.24, 2.45) is 0 Å². The van der Waals surface area contributed by atoms with Gasteiger partial charge >= 0.3 is 17.6 Å². The predicted octanol–water partition coefficient (Wildman–Crippen LogP) is 1.98. The summed E-state index contributed by atoms with van der Waals surface area (Å²) < 4.78 is 39.9. The van der Waals surface area contributed by atoms with E-state index in [1.807, 2.05) is 26.8 Å². The lowest BCUT2D eigenvalue weighted by molar-refractivity contribution is 0.0226. The molecular formula is C13H38BO8Si3. The molecule has 12 heteroatoms. The summed E-state index contributed by atoms with van der Waals surface area (Å²) in [6.07, 6.45) is 0. The SMILES string of the molecule is CC[Si](C)(OC)OC.CO[Si](OC)(OC)OC.C[B][Si](C)(OC)OC. The maximum absolute atomic E-state index is 5.15. The molecule has 8 nitrogen and oxygen atoms in total. The summed E-state index contributed by atoms with van der Waals surface area (Å²) in [5.41, 5.74) is 0. The Balaban J connectivity index is -0.000000291. The Hall–Kier alpha value is 0.396. The summed E-state index contributed by atoms with van der Waals surface area (Å²) in [6, 6.07) is 1.01. The minimum Gasteiger partial charge on any atom is -0.403 e. The van der Waals surface area contributed by atoms with Gasteiger partial charge in [0.15, 0.2) is 6.87 Å². The molecule has 0 amide bonds. The van der Waals surface area contributed by atoms with E-state index in [2.05, 4.69) is 6.92 Å². The third kappa shape index (κ3) is 13.2. The molecule has 0 aliphatic rings. The number of hydrogen-bond donors (Lipinski definition) is 0. The molecular weight excluding hydrogens is 379 g/mol. The van der Waals surface area contributed by atoms with E-state index in [1.54, 1.807) is 28.4 Å². The lowest BCUT2D eigenvalue weighted by Gasteiger charge is -2.20. The van der Waals surface area contributed by atoms with E-state index >= 15 is 0 Å². The van der Waals surface area contributed by atoms with Crippen molar-refractivity contribution in [1.82, 2.24) is 0 Å². The standard InChI is InChI=1S/C5H14O2Si.C4H12BO2Si.C4H12O4Si/c2*1-5-8(4,6-2)7-3;1-5-9(6-2,7-3)8-4/h5H2,1-4H3;1-4H3;1-4H3. The highest BCUT2D eigenvalue weighted by molar-refractivity contribution is 7.16. The van der Waals surface area contributed by atoms with Crippen molar-refractivity contribution < 1.29 is 35.4 Å². The van der Waals surface area contributed by atoms with Crippen LogP contribution in [0.4, 0.5) is 0 Å². The second-order valence-corrected chi connectivity index (χ2v) is 14.8. The molecule has 0 aromatic heterocycles. The third-order valence-electron chi connectivity index (χ3n) is 3.84. The van der Waals surface area contributed by atoms with E-state index in [9.17, 15) is 0 Å². The van der Waals surface area contributed by atoms with Crippen molar-refractivity contribution in [2.45, 2.75) is 32.9 Å². The van der Waals surface area contributed by atoms with Gasteiger partial charge in [-0.25, -0.2) is 0 Å². The fourth-order valence-corrected chi connectivity index (χ4v) is 3.57. The van der Waals surface area contributed by atoms with E-state index in [0.717, 1.165) is 6.04 Å². The Kier molecular flexibility index (Phi) is 20.0. The lowest BCUT2D eigenvalue weighted by atomic mass is 10.2. The number of rotatable bonds is 10. The van der Waals surface area contributed by atoms with E-state index in [-0.39, 0.29) is 0 Å². The molecule has 153 valence electrons. The second-order valence-electron chi connectivity index (χ2n) is 4.92. The van der Waals surface area contributed by atoms with E-state index in [4.69, 9.17) is 35.4 Å². The van der Waals surface area contributed by atoms with Crippen LogP contribution in [0.15, 0.2) is 0 Å². The zero-order valence-electron chi connectivity index (χ0n) is 18.1. The van der Waals surface area contributed by atoms with Crippen molar-refractivity contribution in [3.63, 3.8) is 0 Å². The summed E-state index contributed by atoms with van der Waals surface area (Å²) in [4.78, 5) is 0. The molecule has 0 spiro atoms. The highest BCUT2D eigenvalue weighted by atomic mass is 28.4. The molecule has 0 aromatic rings. The van der Waals surface area contributed by atoms with Gasteiger partial charge in [-0.1, -0.05) is 13.7 Å². The van der Waals surface area contributed by atoms with Crippen LogP contribution >= 0.6 is 0 Å². The highest BCUT2D eigenvalue weighted by Gasteiger charge is 2.40. The number of hydrogen-bond acceptors (Lipinski definition) is 8. The first kappa shape index (κ1) is 30.1. The van der Waals surface area contributed by atoms with E-state index in [0.29, 0.717) is 0 Å². The van der Waals surface area contributed by atoms with Gasteiger partial charge in [0.1, 0.15) is 0 Å². The second kappa shape index (κ2) is 16.6. The molecule has 0 aromatic carbocycles. The largest absolute Gasteiger partial charge is 0.678 e. The van der Waals surface area contributed by atoms with Gasteiger partial charge in [0.25, 0.3) is 8.43 Å². The molecule has 0 fully saturated rings. The van der Waals surface area contributed by atoms with Crippen molar-refractivity contribution in [1.29, 1.82) is 0 Å². The molecule has 1 radical (unpaired) electrons. The summed E-state index contributed by atoms with van der Waals surface area (Å²) in [7, 11) is 6.56. The summed E-state index contributed by atoms with van der Waals surface area (Å²) in [5.74, 6) is 0. The van der Waals surface area contributed by atoms with Gasteiger partial charge in [0.2, 0.25) is 0 Å². The summed E-state index contributed by atoms with van der Waals surface area (Å²) in [5, 5.41) is 0. The maximum atomic E-state index is 5.15. The molecule has 0 heterocycles. The first-order valence-electron chi connectivity index (χ1n) is 7.83. The summed E-state index contributed by atoms with van der Waals surface area (Å²) in [6.45, 7) is 10.1. The maximum Gasteiger partial charge on any atom is 0.678 e. The molecule has 0 bridgehead atoms. The van der Waals surface area contributed by atoms with Crippen LogP contribution < -0.4 is 0 Å². The molecule has 0 unspecified atom stereocenters. The van der Waals surface area contributed by atoms with Crippen molar-refractivity contribution in [3.8, 4) is 0 Å². The van der Waals surface area contributed by atoms with E-state index in [1.165, 1.54) is 28.4 Å². The van der Waals surface area contributed by atoms with Crippen molar-refractivity contribution in [3.05, 3.63) is 0 Å². The Morgan fingerprint density at radius 3 is 0.920 bits per heavy atom. The zero-order valence-corrected chi connectivity index (χ0v) is 21.1. The van der Waals surface area contributed by atoms with Crippen LogP contribution in [0.3, 0.4) is 0 Å². The van der Waals surface area contributed by atoms with Gasteiger partial charge in [-0.3, -0.25) is 0 Å². The molecule has 0 saturated carbocycles. The van der Waals surface area contributed by atoms with Gasteiger partial charge in [-0.2, -0.15) is 0 Å². The molecule has 25 heavy (non-hydrogen) atoms.